The Kier molecular flexibility index (Phi) is 12.1. The molecule has 204 valence electrons. The van der Waals surface area contributed by atoms with E-state index >= 15 is 0 Å². The molecule has 1 aromatic carbocycles. The Balaban J connectivity index is 3.52. The number of carbonyl (C=O) groups excluding carboxylic acids is 4. The number of nitrogens with one attached hydrogen (secondary N) is 2. The molecular formula is C27H41N5O5. The molecule has 10 nitrogen and oxygen atoms in total. The van der Waals surface area contributed by atoms with E-state index in [1.54, 1.807) is 32.9 Å². The predicted molar refractivity (Wildman–Crippen MR) is 140 cm³/mol. The molecule has 4 amide bonds. The quantitative estimate of drug-likeness (QED) is 0.363. The molecule has 3 atom stereocenters. The van der Waals surface area contributed by atoms with Gasteiger partial charge in [0.05, 0.1) is 6.07 Å². The van der Waals surface area contributed by atoms with E-state index in [0.717, 1.165) is 28.9 Å². The second-order valence-corrected chi connectivity index (χ2v) is 10.3. The summed E-state index contributed by atoms with van der Waals surface area (Å²) in [7, 11) is 0. The zero-order valence-corrected chi connectivity index (χ0v) is 23.0. The highest BCUT2D eigenvalue weighted by Gasteiger charge is 2.37. The van der Waals surface area contributed by atoms with Crippen LogP contribution in [0.2, 0.25) is 0 Å². The van der Waals surface area contributed by atoms with Crippen molar-refractivity contribution in [1.29, 1.82) is 5.26 Å². The number of amides is 4. The van der Waals surface area contributed by atoms with Crippen LogP contribution in [0.1, 0.15) is 83.0 Å². The van der Waals surface area contributed by atoms with Gasteiger partial charge in [0, 0.05) is 12.5 Å². The number of nitriles is 1. The summed E-state index contributed by atoms with van der Waals surface area (Å²) < 4.78 is 5.29. The summed E-state index contributed by atoms with van der Waals surface area (Å²) >= 11 is 0. The van der Waals surface area contributed by atoms with Crippen LogP contribution in [0.25, 0.3) is 0 Å². The number of nitrogens with zero attached hydrogens (tertiary/aromatic N) is 2. The van der Waals surface area contributed by atoms with Gasteiger partial charge in [0.2, 0.25) is 17.7 Å². The summed E-state index contributed by atoms with van der Waals surface area (Å²) in [5, 5.41) is 15.1. The lowest BCUT2D eigenvalue weighted by Gasteiger charge is -2.33. The van der Waals surface area contributed by atoms with Crippen molar-refractivity contribution in [1.82, 2.24) is 15.5 Å². The van der Waals surface area contributed by atoms with E-state index in [-0.39, 0.29) is 18.9 Å². The number of benzene rings is 1. The molecule has 1 aromatic rings. The van der Waals surface area contributed by atoms with Crippen molar-refractivity contribution in [2.45, 2.75) is 97.9 Å². The first-order chi connectivity index (χ1) is 17.2. The van der Waals surface area contributed by atoms with E-state index in [4.69, 9.17) is 10.5 Å². The van der Waals surface area contributed by atoms with E-state index in [2.05, 4.69) is 10.6 Å². The molecule has 1 rings (SSSR count). The molecule has 0 saturated heterocycles. The number of hydrogen-bond acceptors (Lipinski definition) is 6. The van der Waals surface area contributed by atoms with Crippen LogP contribution < -0.4 is 16.4 Å². The van der Waals surface area contributed by atoms with Gasteiger partial charge < -0.3 is 26.0 Å². The summed E-state index contributed by atoms with van der Waals surface area (Å²) in [5.41, 5.74) is 6.78. The highest BCUT2D eigenvalue weighted by Crippen LogP contribution is 2.25. The Morgan fingerprint density at radius 3 is 2.16 bits per heavy atom. The Morgan fingerprint density at radius 2 is 1.68 bits per heavy atom. The molecule has 0 aliphatic heterocycles. The molecular weight excluding hydrogens is 474 g/mol. The average Bonchev–Trinajstić information content (AvgIpc) is 2.73. The predicted octanol–water partition coefficient (Wildman–Crippen LogP) is 3.16. The molecule has 4 N–H and O–H groups in total. The molecule has 0 aliphatic carbocycles. The largest absolute Gasteiger partial charge is 0.444 e. The molecule has 10 heteroatoms. The van der Waals surface area contributed by atoms with E-state index in [1.165, 1.54) is 0 Å². The molecule has 0 fully saturated rings. The smallest absolute Gasteiger partial charge is 0.408 e. The summed E-state index contributed by atoms with van der Waals surface area (Å²) in [6.07, 6.45) is 0.407. The summed E-state index contributed by atoms with van der Waals surface area (Å²) in [6, 6.07) is 4.94. The Labute approximate surface area is 219 Å². The number of hydrogen-bond donors (Lipinski definition) is 3. The highest BCUT2D eigenvalue weighted by atomic mass is 16.6. The lowest BCUT2D eigenvalue weighted by atomic mass is 9.97. The Morgan fingerprint density at radius 1 is 1.08 bits per heavy atom. The zero-order chi connectivity index (χ0) is 28.3. The number of nitrogens with two attached hydrogens (primary N) is 1. The van der Waals surface area contributed by atoms with Crippen LogP contribution in [-0.2, 0) is 19.1 Å². The fourth-order valence-corrected chi connectivity index (χ4v) is 4.03. The van der Waals surface area contributed by atoms with Gasteiger partial charge in [-0.05, 0) is 59.9 Å². The molecule has 0 saturated carbocycles. The van der Waals surface area contributed by atoms with Gasteiger partial charge in [-0.3, -0.25) is 14.4 Å². The minimum Gasteiger partial charge on any atom is -0.444 e. The zero-order valence-electron chi connectivity index (χ0n) is 23.0. The van der Waals surface area contributed by atoms with Crippen LogP contribution in [-0.4, -0.2) is 52.9 Å². The van der Waals surface area contributed by atoms with Crippen molar-refractivity contribution in [2.24, 2.45) is 5.73 Å². The maximum absolute atomic E-state index is 13.8. The van der Waals surface area contributed by atoms with Crippen LogP contribution in [0.15, 0.2) is 18.2 Å². The van der Waals surface area contributed by atoms with Gasteiger partial charge in [0.1, 0.15) is 24.2 Å². The number of alkyl carbamates (subject to hydrolysis) is 1. The van der Waals surface area contributed by atoms with Gasteiger partial charge in [-0.2, -0.15) is 5.26 Å². The van der Waals surface area contributed by atoms with Crippen LogP contribution in [0.3, 0.4) is 0 Å². The molecule has 0 spiro atoms. The standard InChI is InChI=1S/C27H41N5O5/c1-8-9-19(4)30-24(34)23(20-15-17(2)14-18(3)16-20)32(13-12-28)25(35)21(10-11-22(29)33)31-26(36)37-27(5,6)7/h14-16,19,21,23H,8-11,13H2,1-7H3,(H2,29,33)(H,30,34)(H,31,36). The SMILES string of the molecule is CCCC(C)NC(=O)C(c1cc(C)cc(C)c1)N(CC#N)C(=O)C(CCC(N)=O)NC(=O)OC(C)(C)C. The number of ether oxygens (including phenoxy) is 1. The monoisotopic (exact) mass is 515 g/mol. The average molecular weight is 516 g/mol. The second-order valence-electron chi connectivity index (χ2n) is 10.3. The minimum atomic E-state index is -1.25. The molecule has 0 radical (unpaired) electrons. The fraction of sp³-hybridized carbons (Fsp3) is 0.593. The third-order valence-electron chi connectivity index (χ3n) is 5.42. The number of carbonyl (C=O) groups is 4. The molecule has 0 bridgehead atoms. The van der Waals surface area contributed by atoms with Crippen molar-refractivity contribution in [2.75, 3.05) is 6.54 Å². The minimum absolute atomic E-state index is 0.122. The summed E-state index contributed by atoms with van der Waals surface area (Å²) in [4.78, 5) is 52.5. The van der Waals surface area contributed by atoms with Crippen LogP contribution in [0, 0.1) is 25.2 Å². The first-order valence-corrected chi connectivity index (χ1v) is 12.5. The number of primary amides is 1. The first-order valence-electron chi connectivity index (χ1n) is 12.5. The maximum atomic E-state index is 13.8. The van der Waals surface area contributed by atoms with Crippen molar-refractivity contribution in [3.63, 3.8) is 0 Å². The second kappa shape index (κ2) is 14.2. The van der Waals surface area contributed by atoms with Crippen molar-refractivity contribution < 1.29 is 23.9 Å². The lowest BCUT2D eigenvalue weighted by molar-refractivity contribution is -0.142. The molecule has 0 heterocycles. The van der Waals surface area contributed by atoms with Crippen molar-refractivity contribution in [3.05, 3.63) is 34.9 Å². The number of rotatable bonds is 12. The van der Waals surface area contributed by atoms with Gasteiger partial charge in [-0.25, -0.2) is 4.79 Å². The van der Waals surface area contributed by atoms with E-state index in [9.17, 15) is 24.4 Å². The summed E-state index contributed by atoms with van der Waals surface area (Å²) in [6.45, 7) is 12.2. The lowest BCUT2D eigenvalue weighted by Crippen LogP contribution is -2.54. The Bertz CT molecular complexity index is 991. The molecule has 0 aromatic heterocycles. The van der Waals surface area contributed by atoms with E-state index in [0.29, 0.717) is 5.56 Å². The van der Waals surface area contributed by atoms with Gasteiger partial charge >= 0.3 is 6.09 Å². The molecule has 37 heavy (non-hydrogen) atoms. The third-order valence-corrected chi connectivity index (χ3v) is 5.42. The first kappa shape index (κ1) is 31.4. The third kappa shape index (κ3) is 10.9. The van der Waals surface area contributed by atoms with Crippen LogP contribution >= 0.6 is 0 Å². The van der Waals surface area contributed by atoms with Crippen molar-refractivity contribution in [3.8, 4) is 6.07 Å². The fourth-order valence-electron chi connectivity index (χ4n) is 4.03. The van der Waals surface area contributed by atoms with E-state index < -0.39 is 48.0 Å². The van der Waals surface area contributed by atoms with Gasteiger partial charge in [-0.1, -0.05) is 42.7 Å². The molecule has 3 unspecified atom stereocenters. The van der Waals surface area contributed by atoms with Crippen LogP contribution in [0.5, 0.6) is 0 Å². The normalized spacial score (nSPS) is 13.5. The molecule has 0 aliphatic rings. The Hall–Kier alpha value is -3.61. The van der Waals surface area contributed by atoms with Gasteiger partial charge in [-0.15, -0.1) is 0 Å². The summed E-state index contributed by atoms with van der Waals surface area (Å²) in [5.74, 6) is -1.80. The van der Waals surface area contributed by atoms with Gasteiger partial charge in [0.15, 0.2) is 0 Å². The van der Waals surface area contributed by atoms with Gasteiger partial charge in [0.25, 0.3) is 0 Å². The van der Waals surface area contributed by atoms with E-state index in [1.807, 2.05) is 39.8 Å². The van der Waals surface area contributed by atoms with Crippen molar-refractivity contribution >= 4 is 23.8 Å². The highest BCUT2D eigenvalue weighted by molar-refractivity contribution is 5.92. The van der Waals surface area contributed by atoms with Crippen LogP contribution in [0.4, 0.5) is 4.79 Å². The number of aryl methyl sites for hydroxylation is 2. The topological polar surface area (TPSA) is 155 Å². The maximum Gasteiger partial charge on any atom is 0.408 e.